The number of hydrogen-bond acceptors (Lipinski definition) is 5. The molecule has 1 aromatic heterocycles. The maximum Gasteiger partial charge on any atom is 0.344 e. The Labute approximate surface area is 183 Å². The molecule has 0 bridgehead atoms. The van der Waals surface area contributed by atoms with Gasteiger partial charge in [-0.3, -0.25) is 4.79 Å². The number of ether oxygens (including phenoxy) is 2. The van der Waals surface area contributed by atoms with Gasteiger partial charge in [0.15, 0.2) is 6.61 Å². The molecule has 0 aliphatic heterocycles. The third-order valence-electron chi connectivity index (χ3n) is 4.58. The third-order valence-corrected chi connectivity index (χ3v) is 4.58. The molecule has 2 rings (SSSR count). The molecule has 0 aliphatic rings. The monoisotopic (exact) mass is 423 g/mol. The minimum atomic E-state index is -0.515. The van der Waals surface area contributed by atoms with Gasteiger partial charge in [0.05, 0.1) is 6.61 Å². The van der Waals surface area contributed by atoms with Gasteiger partial charge in [0.2, 0.25) is 0 Å². The molecular weight excluding hydrogens is 394 g/mol. The first-order valence-corrected chi connectivity index (χ1v) is 10.2. The molecule has 164 valence electrons. The van der Waals surface area contributed by atoms with Gasteiger partial charge in [0.1, 0.15) is 17.4 Å². The Morgan fingerprint density at radius 2 is 2.00 bits per heavy atom. The Hall–Kier alpha value is -3.53. The fourth-order valence-electron chi connectivity index (χ4n) is 3.13. The van der Waals surface area contributed by atoms with E-state index in [1.54, 1.807) is 37.3 Å². The predicted octanol–water partition coefficient (Wildman–Crippen LogP) is 4.25. The van der Waals surface area contributed by atoms with Crippen molar-refractivity contribution in [2.45, 2.75) is 41.2 Å². The number of anilines is 1. The molecule has 1 amide bonds. The summed E-state index contributed by atoms with van der Waals surface area (Å²) in [5, 5.41) is 12.2. The summed E-state index contributed by atoms with van der Waals surface area (Å²) in [6.45, 7) is 10.9. The molecule has 0 saturated carbocycles. The number of aromatic nitrogens is 1. The summed E-state index contributed by atoms with van der Waals surface area (Å²) in [5.41, 5.74) is 3.40. The van der Waals surface area contributed by atoms with E-state index in [2.05, 4.69) is 23.7 Å². The van der Waals surface area contributed by atoms with Crippen molar-refractivity contribution in [3.8, 4) is 11.8 Å². The number of nitrogens with zero attached hydrogens (tertiary/aromatic N) is 2. The minimum absolute atomic E-state index is 0.00245. The van der Waals surface area contributed by atoms with Crippen LogP contribution in [0.1, 0.15) is 37.7 Å². The highest BCUT2D eigenvalue weighted by molar-refractivity contribution is 6.09. The van der Waals surface area contributed by atoms with Gasteiger partial charge in [0, 0.05) is 29.7 Å². The molecule has 0 spiro atoms. The summed E-state index contributed by atoms with van der Waals surface area (Å²) in [5.74, 6) is -0.0929. The number of nitriles is 1. The SMILES string of the molecule is CCOC(=O)COc1cccc(NC(=O)/C(C#N)=C/c2cc(C)n(CC(C)C)c2C)c1. The van der Waals surface area contributed by atoms with E-state index in [4.69, 9.17) is 9.47 Å². The van der Waals surface area contributed by atoms with Crippen LogP contribution in [0.3, 0.4) is 0 Å². The summed E-state index contributed by atoms with van der Waals surface area (Å²) in [4.78, 5) is 24.1. The number of benzene rings is 1. The van der Waals surface area contributed by atoms with Crippen LogP contribution in [0.2, 0.25) is 0 Å². The Balaban J connectivity index is 2.15. The maximum absolute atomic E-state index is 12.7. The van der Waals surface area contributed by atoms with Gasteiger partial charge in [-0.2, -0.15) is 5.26 Å². The molecule has 0 aliphatic carbocycles. The van der Waals surface area contributed by atoms with Gasteiger partial charge in [-0.05, 0) is 56.5 Å². The average molecular weight is 424 g/mol. The van der Waals surface area contributed by atoms with Crippen molar-refractivity contribution in [3.05, 3.63) is 52.9 Å². The highest BCUT2D eigenvalue weighted by Crippen LogP contribution is 2.21. The molecule has 1 N–H and O–H groups in total. The van der Waals surface area contributed by atoms with E-state index in [0.717, 1.165) is 23.5 Å². The van der Waals surface area contributed by atoms with E-state index in [0.29, 0.717) is 17.4 Å². The molecular formula is C24H29N3O4. The zero-order valence-corrected chi connectivity index (χ0v) is 18.7. The molecule has 0 unspecified atom stereocenters. The lowest BCUT2D eigenvalue weighted by molar-refractivity contribution is -0.145. The van der Waals surface area contributed by atoms with Crippen molar-refractivity contribution in [2.75, 3.05) is 18.5 Å². The molecule has 7 nitrogen and oxygen atoms in total. The van der Waals surface area contributed by atoms with Gasteiger partial charge in [-0.25, -0.2) is 4.79 Å². The zero-order chi connectivity index (χ0) is 23.0. The van der Waals surface area contributed by atoms with Crippen molar-refractivity contribution < 1.29 is 19.1 Å². The van der Waals surface area contributed by atoms with Crippen molar-refractivity contribution >= 4 is 23.6 Å². The second-order valence-electron chi connectivity index (χ2n) is 7.58. The van der Waals surface area contributed by atoms with Crippen molar-refractivity contribution in [1.29, 1.82) is 5.26 Å². The summed E-state index contributed by atoms with van der Waals surface area (Å²) in [6, 6.07) is 10.6. The topological polar surface area (TPSA) is 93.3 Å². The van der Waals surface area contributed by atoms with E-state index >= 15 is 0 Å². The lowest BCUT2D eigenvalue weighted by atomic mass is 10.1. The molecule has 2 aromatic rings. The van der Waals surface area contributed by atoms with Crippen LogP contribution in [0.5, 0.6) is 5.75 Å². The molecule has 7 heteroatoms. The van der Waals surface area contributed by atoms with Crippen LogP contribution in [0.15, 0.2) is 35.9 Å². The minimum Gasteiger partial charge on any atom is -0.482 e. The first-order chi connectivity index (χ1) is 14.7. The summed E-state index contributed by atoms with van der Waals surface area (Å²) in [7, 11) is 0. The fourth-order valence-corrected chi connectivity index (χ4v) is 3.13. The number of carbonyl (C=O) groups is 2. The van der Waals surface area contributed by atoms with Crippen molar-refractivity contribution in [3.63, 3.8) is 0 Å². The summed E-state index contributed by atoms with van der Waals surface area (Å²) in [6.07, 6.45) is 1.61. The van der Waals surface area contributed by atoms with Gasteiger partial charge in [0.25, 0.3) is 5.91 Å². The van der Waals surface area contributed by atoms with Crippen molar-refractivity contribution in [1.82, 2.24) is 4.57 Å². The average Bonchev–Trinajstić information content (AvgIpc) is 2.98. The quantitative estimate of drug-likeness (QED) is 0.370. The molecule has 0 saturated heterocycles. The molecule has 1 aromatic carbocycles. The second kappa shape index (κ2) is 11.0. The Morgan fingerprint density at radius 1 is 1.26 bits per heavy atom. The second-order valence-corrected chi connectivity index (χ2v) is 7.58. The zero-order valence-electron chi connectivity index (χ0n) is 18.7. The molecule has 1 heterocycles. The predicted molar refractivity (Wildman–Crippen MR) is 120 cm³/mol. The smallest absolute Gasteiger partial charge is 0.344 e. The molecule has 0 fully saturated rings. The fraction of sp³-hybridized carbons (Fsp3) is 0.375. The number of nitrogens with one attached hydrogen (secondary N) is 1. The van der Waals surface area contributed by atoms with E-state index in [9.17, 15) is 14.9 Å². The largest absolute Gasteiger partial charge is 0.482 e. The Kier molecular flexibility index (Phi) is 8.44. The summed E-state index contributed by atoms with van der Waals surface area (Å²) < 4.78 is 12.4. The molecule has 0 atom stereocenters. The third kappa shape index (κ3) is 6.75. The lowest BCUT2D eigenvalue weighted by Gasteiger charge is -2.12. The van der Waals surface area contributed by atoms with E-state index < -0.39 is 11.9 Å². The van der Waals surface area contributed by atoms with E-state index in [1.807, 2.05) is 26.0 Å². The first kappa shape index (κ1) is 23.7. The van der Waals surface area contributed by atoms with Crippen LogP contribution < -0.4 is 10.1 Å². The molecule has 0 radical (unpaired) electrons. The maximum atomic E-state index is 12.7. The Bertz CT molecular complexity index is 1010. The number of carbonyl (C=O) groups excluding carboxylic acids is 2. The van der Waals surface area contributed by atoms with Gasteiger partial charge >= 0.3 is 5.97 Å². The van der Waals surface area contributed by atoms with Crippen LogP contribution in [0, 0.1) is 31.1 Å². The number of hydrogen-bond donors (Lipinski definition) is 1. The first-order valence-electron chi connectivity index (χ1n) is 10.2. The number of amides is 1. The van der Waals surface area contributed by atoms with Crippen LogP contribution in [0.25, 0.3) is 6.08 Å². The number of aryl methyl sites for hydroxylation is 1. The van der Waals surface area contributed by atoms with Crippen LogP contribution in [-0.4, -0.2) is 29.7 Å². The van der Waals surface area contributed by atoms with E-state index in [-0.39, 0.29) is 18.8 Å². The highest BCUT2D eigenvalue weighted by Gasteiger charge is 2.14. The van der Waals surface area contributed by atoms with Crippen LogP contribution in [0.4, 0.5) is 5.69 Å². The normalized spacial score (nSPS) is 11.2. The number of rotatable bonds is 9. The highest BCUT2D eigenvalue weighted by atomic mass is 16.6. The van der Waals surface area contributed by atoms with Crippen molar-refractivity contribution in [2.24, 2.45) is 5.92 Å². The Morgan fingerprint density at radius 3 is 2.65 bits per heavy atom. The van der Waals surface area contributed by atoms with Gasteiger partial charge < -0.3 is 19.4 Å². The van der Waals surface area contributed by atoms with Gasteiger partial charge in [-0.15, -0.1) is 0 Å². The van der Waals surface area contributed by atoms with Crippen LogP contribution in [-0.2, 0) is 20.9 Å². The number of esters is 1. The lowest BCUT2D eigenvalue weighted by Crippen LogP contribution is -2.15. The molecule has 31 heavy (non-hydrogen) atoms. The van der Waals surface area contributed by atoms with Crippen LogP contribution >= 0.6 is 0 Å². The van der Waals surface area contributed by atoms with E-state index in [1.165, 1.54) is 0 Å². The standard InChI is InChI=1S/C24H29N3O4/c1-6-30-23(28)15-31-22-9-7-8-21(12-22)26-24(29)20(13-25)11-19-10-17(4)27(18(19)5)14-16(2)3/h7-12,16H,6,14-15H2,1-5H3,(H,26,29)/b20-11+. The van der Waals surface area contributed by atoms with Gasteiger partial charge in [-0.1, -0.05) is 19.9 Å². The summed E-state index contributed by atoms with van der Waals surface area (Å²) >= 11 is 0.